The number of carboxylic acids is 1. The van der Waals surface area contributed by atoms with Gasteiger partial charge in [0.05, 0.1) is 12.1 Å². The number of carbonyl (C=O) groups is 1. The molecule has 0 fully saturated rings. The SMILES string of the molecule is C=CCNCc1ccc(F)c(N(C)CCC(=O)O)c1. The van der Waals surface area contributed by atoms with E-state index in [0.717, 1.165) is 5.56 Å². The molecule has 19 heavy (non-hydrogen) atoms. The summed E-state index contributed by atoms with van der Waals surface area (Å²) in [6, 6.07) is 4.84. The molecule has 1 rings (SSSR count). The summed E-state index contributed by atoms with van der Waals surface area (Å²) < 4.78 is 13.7. The van der Waals surface area contributed by atoms with Gasteiger partial charge in [0.2, 0.25) is 0 Å². The number of nitrogens with zero attached hydrogens (tertiary/aromatic N) is 1. The lowest BCUT2D eigenvalue weighted by molar-refractivity contribution is -0.136. The molecule has 0 atom stereocenters. The Labute approximate surface area is 112 Å². The Hall–Kier alpha value is -1.88. The highest BCUT2D eigenvalue weighted by Crippen LogP contribution is 2.20. The molecule has 0 aliphatic carbocycles. The van der Waals surface area contributed by atoms with Crippen molar-refractivity contribution in [3.8, 4) is 0 Å². The summed E-state index contributed by atoms with van der Waals surface area (Å²) in [6.45, 7) is 5.18. The summed E-state index contributed by atoms with van der Waals surface area (Å²) in [5.41, 5.74) is 1.36. The summed E-state index contributed by atoms with van der Waals surface area (Å²) in [4.78, 5) is 12.1. The summed E-state index contributed by atoms with van der Waals surface area (Å²) in [5, 5.41) is 11.8. The Morgan fingerprint density at radius 3 is 2.95 bits per heavy atom. The van der Waals surface area contributed by atoms with E-state index in [1.807, 2.05) is 0 Å². The molecule has 2 N–H and O–H groups in total. The predicted octanol–water partition coefficient (Wildman–Crippen LogP) is 2.01. The van der Waals surface area contributed by atoms with E-state index < -0.39 is 5.97 Å². The number of nitrogens with one attached hydrogen (secondary N) is 1. The molecule has 1 aromatic rings. The van der Waals surface area contributed by atoms with Crippen LogP contribution < -0.4 is 10.2 Å². The Bertz CT molecular complexity index is 449. The first-order valence-corrected chi connectivity index (χ1v) is 6.07. The molecule has 1 aromatic carbocycles. The Morgan fingerprint density at radius 2 is 2.32 bits per heavy atom. The average Bonchev–Trinajstić information content (AvgIpc) is 2.38. The normalized spacial score (nSPS) is 10.2. The minimum absolute atomic E-state index is 0.0190. The average molecular weight is 266 g/mol. The molecule has 0 heterocycles. The Balaban J connectivity index is 2.72. The zero-order chi connectivity index (χ0) is 14.3. The van der Waals surface area contributed by atoms with Gasteiger partial charge in [0.15, 0.2) is 0 Å². The van der Waals surface area contributed by atoms with Crippen LogP contribution in [0.4, 0.5) is 10.1 Å². The number of hydrogen-bond donors (Lipinski definition) is 2. The molecule has 0 aromatic heterocycles. The minimum atomic E-state index is -0.893. The molecule has 0 aliphatic rings. The van der Waals surface area contributed by atoms with Crippen molar-refractivity contribution in [2.24, 2.45) is 0 Å². The zero-order valence-electron chi connectivity index (χ0n) is 11.0. The van der Waals surface area contributed by atoms with Gasteiger partial charge in [-0.1, -0.05) is 12.1 Å². The minimum Gasteiger partial charge on any atom is -0.481 e. The Kier molecular flexibility index (Phi) is 6.02. The molecular weight excluding hydrogens is 247 g/mol. The van der Waals surface area contributed by atoms with Gasteiger partial charge >= 0.3 is 5.97 Å². The van der Waals surface area contributed by atoms with Crippen LogP contribution in [0.3, 0.4) is 0 Å². The van der Waals surface area contributed by atoms with Crippen LogP contribution in [0.5, 0.6) is 0 Å². The van der Waals surface area contributed by atoms with E-state index in [1.54, 1.807) is 30.2 Å². The van der Waals surface area contributed by atoms with Gasteiger partial charge in [0, 0.05) is 26.7 Å². The summed E-state index contributed by atoms with van der Waals surface area (Å²) in [5.74, 6) is -1.24. The second-order valence-corrected chi connectivity index (χ2v) is 4.27. The monoisotopic (exact) mass is 266 g/mol. The number of benzene rings is 1. The van der Waals surface area contributed by atoms with Crippen LogP contribution in [0.2, 0.25) is 0 Å². The van der Waals surface area contributed by atoms with Crippen molar-refractivity contribution >= 4 is 11.7 Å². The van der Waals surface area contributed by atoms with Gasteiger partial charge < -0.3 is 15.3 Å². The molecule has 0 saturated heterocycles. The molecule has 4 nitrogen and oxygen atoms in total. The third-order valence-corrected chi connectivity index (χ3v) is 2.70. The quantitative estimate of drug-likeness (QED) is 0.558. The number of rotatable bonds is 8. The highest BCUT2D eigenvalue weighted by molar-refractivity contribution is 5.67. The largest absolute Gasteiger partial charge is 0.481 e. The van der Waals surface area contributed by atoms with Crippen LogP contribution in [0.15, 0.2) is 30.9 Å². The van der Waals surface area contributed by atoms with E-state index in [0.29, 0.717) is 18.8 Å². The molecule has 0 radical (unpaired) electrons. The van der Waals surface area contributed by atoms with E-state index in [9.17, 15) is 9.18 Å². The molecule has 0 amide bonds. The highest BCUT2D eigenvalue weighted by Gasteiger charge is 2.10. The van der Waals surface area contributed by atoms with Crippen molar-refractivity contribution in [1.82, 2.24) is 5.32 Å². The molecule has 0 saturated carbocycles. The van der Waals surface area contributed by atoms with Crippen LogP contribution in [0.25, 0.3) is 0 Å². The molecule has 5 heteroatoms. The van der Waals surface area contributed by atoms with Gasteiger partial charge in [-0.3, -0.25) is 4.79 Å². The van der Waals surface area contributed by atoms with Gasteiger partial charge in [0.25, 0.3) is 0 Å². The summed E-state index contributed by atoms with van der Waals surface area (Å²) in [7, 11) is 1.68. The number of carboxylic acid groups (broad SMARTS) is 1. The van der Waals surface area contributed by atoms with Crippen molar-refractivity contribution in [3.05, 3.63) is 42.2 Å². The van der Waals surface area contributed by atoms with Gasteiger partial charge in [0.1, 0.15) is 5.82 Å². The molecule has 0 spiro atoms. The van der Waals surface area contributed by atoms with Gasteiger partial charge in [-0.2, -0.15) is 0 Å². The fraction of sp³-hybridized carbons (Fsp3) is 0.357. The molecule has 0 bridgehead atoms. The van der Waals surface area contributed by atoms with Crippen LogP contribution in [0.1, 0.15) is 12.0 Å². The van der Waals surface area contributed by atoms with Gasteiger partial charge in [-0.25, -0.2) is 4.39 Å². The van der Waals surface area contributed by atoms with Crippen molar-refractivity contribution < 1.29 is 14.3 Å². The third kappa shape index (κ3) is 5.09. The van der Waals surface area contributed by atoms with Crippen molar-refractivity contribution in [2.45, 2.75) is 13.0 Å². The van der Waals surface area contributed by atoms with E-state index in [4.69, 9.17) is 5.11 Å². The number of anilines is 1. The van der Waals surface area contributed by atoms with Crippen LogP contribution in [0, 0.1) is 5.82 Å². The second-order valence-electron chi connectivity index (χ2n) is 4.27. The lowest BCUT2D eigenvalue weighted by Gasteiger charge is -2.20. The van der Waals surface area contributed by atoms with Gasteiger partial charge in [-0.15, -0.1) is 6.58 Å². The number of aliphatic carboxylic acids is 1. The maximum atomic E-state index is 13.7. The molecular formula is C14H19FN2O2. The Morgan fingerprint density at radius 1 is 1.58 bits per heavy atom. The topological polar surface area (TPSA) is 52.6 Å². The lowest BCUT2D eigenvalue weighted by Crippen LogP contribution is -2.22. The predicted molar refractivity (Wildman–Crippen MR) is 73.8 cm³/mol. The van der Waals surface area contributed by atoms with Crippen molar-refractivity contribution in [1.29, 1.82) is 0 Å². The summed E-state index contributed by atoms with van der Waals surface area (Å²) >= 11 is 0. The fourth-order valence-electron chi connectivity index (χ4n) is 1.66. The second kappa shape index (κ2) is 7.53. The maximum Gasteiger partial charge on any atom is 0.305 e. The van der Waals surface area contributed by atoms with Crippen LogP contribution in [-0.4, -0.2) is 31.2 Å². The van der Waals surface area contributed by atoms with Crippen LogP contribution >= 0.6 is 0 Å². The first-order chi connectivity index (χ1) is 9.04. The zero-order valence-corrected chi connectivity index (χ0v) is 11.0. The van der Waals surface area contributed by atoms with Gasteiger partial charge in [-0.05, 0) is 17.7 Å². The van der Waals surface area contributed by atoms with Crippen LogP contribution in [-0.2, 0) is 11.3 Å². The lowest BCUT2D eigenvalue weighted by atomic mass is 10.1. The fourth-order valence-corrected chi connectivity index (χ4v) is 1.66. The smallest absolute Gasteiger partial charge is 0.305 e. The van der Waals surface area contributed by atoms with E-state index in [2.05, 4.69) is 11.9 Å². The van der Waals surface area contributed by atoms with Crippen molar-refractivity contribution in [3.63, 3.8) is 0 Å². The molecule has 0 unspecified atom stereocenters. The molecule has 104 valence electrons. The number of hydrogen-bond acceptors (Lipinski definition) is 3. The first kappa shape index (κ1) is 15.2. The van der Waals surface area contributed by atoms with E-state index in [1.165, 1.54) is 6.07 Å². The highest BCUT2D eigenvalue weighted by atomic mass is 19.1. The van der Waals surface area contributed by atoms with Crippen molar-refractivity contribution in [2.75, 3.05) is 25.0 Å². The summed E-state index contributed by atoms with van der Waals surface area (Å²) in [6.07, 6.45) is 1.73. The third-order valence-electron chi connectivity index (χ3n) is 2.70. The molecule has 0 aliphatic heterocycles. The van der Waals surface area contributed by atoms with E-state index in [-0.39, 0.29) is 18.8 Å². The maximum absolute atomic E-state index is 13.7. The number of halogens is 1. The van der Waals surface area contributed by atoms with E-state index >= 15 is 0 Å². The first-order valence-electron chi connectivity index (χ1n) is 6.07. The standard InChI is InChI=1S/C14H19FN2O2/c1-3-7-16-10-11-4-5-12(15)13(9-11)17(2)8-6-14(18)19/h3-5,9,16H,1,6-8,10H2,2H3,(H,18,19).